The number of aliphatic imine (C=N–C) groups is 1. The van der Waals surface area contributed by atoms with Crippen LogP contribution in [0, 0.1) is 5.82 Å². The summed E-state index contributed by atoms with van der Waals surface area (Å²) in [6.45, 7) is 0.897. The van der Waals surface area contributed by atoms with E-state index in [4.69, 9.17) is 10.5 Å². The highest BCUT2D eigenvalue weighted by Gasteiger charge is 2.30. The molecule has 0 radical (unpaired) electrons. The van der Waals surface area contributed by atoms with Gasteiger partial charge in [-0.05, 0) is 44.2 Å². The summed E-state index contributed by atoms with van der Waals surface area (Å²) in [7, 11) is 0. The Morgan fingerprint density at radius 2 is 2.10 bits per heavy atom. The second kappa shape index (κ2) is 8.70. The minimum absolute atomic E-state index is 0.0197. The summed E-state index contributed by atoms with van der Waals surface area (Å²) in [5.41, 5.74) is 5.84. The second-order valence-electron chi connectivity index (χ2n) is 7.34. The van der Waals surface area contributed by atoms with Gasteiger partial charge in [0.15, 0.2) is 0 Å². The number of carbonyl (C=O) groups excluding carboxylic acids is 1. The highest BCUT2D eigenvalue weighted by atomic mass is 19.3. The quantitative estimate of drug-likeness (QED) is 0.766. The average molecular weight is 422 g/mol. The Bertz CT molecular complexity index is 949. The van der Waals surface area contributed by atoms with Gasteiger partial charge in [-0.3, -0.25) is 9.79 Å². The molecule has 1 aromatic heterocycles. The fourth-order valence-corrected chi connectivity index (χ4v) is 3.02. The lowest BCUT2D eigenvalue weighted by Crippen LogP contribution is -2.28. The first kappa shape index (κ1) is 21.6. The lowest BCUT2D eigenvalue weighted by Gasteiger charge is -2.25. The maximum Gasteiger partial charge on any atom is 0.387 e. The van der Waals surface area contributed by atoms with Gasteiger partial charge >= 0.3 is 6.61 Å². The number of pyridine rings is 1. The Labute approximate surface area is 171 Å². The molecular weight excluding hydrogens is 401 g/mol. The number of halogens is 3. The van der Waals surface area contributed by atoms with Crippen molar-refractivity contribution in [1.29, 1.82) is 0 Å². The van der Waals surface area contributed by atoms with Gasteiger partial charge in [0.1, 0.15) is 29.7 Å². The lowest BCUT2D eigenvalue weighted by atomic mass is 9.93. The van der Waals surface area contributed by atoms with Crippen LogP contribution in [0.4, 0.5) is 18.9 Å². The van der Waals surface area contributed by atoms with Crippen molar-refractivity contribution in [3.05, 3.63) is 53.6 Å². The van der Waals surface area contributed by atoms with E-state index in [0.29, 0.717) is 12.1 Å². The van der Waals surface area contributed by atoms with Crippen LogP contribution in [0.5, 0.6) is 5.75 Å². The number of nitrogens with zero attached hydrogens (tertiary/aromatic N) is 2. The zero-order valence-electron chi connectivity index (χ0n) is 16.4. The smallest absolute Gasteiger partial charge is 0.387 e. The third kappa shape index (κ3) is 5.47. The van der Waals surface area contributed by atoms with Crippen LogP contribution in [0.25, 0.3) is 0 Å². The van der Waals surface area contributed by atoms with E-state index in [1.54, 1.807) is 0 Å². The molecule has 1 aliphatic rings. The zero-order valence-corrected chi connectivity index (χ0v) is 16.4. The number of nitrogens with two attached hydrogens (primary N) is 1. The van der Waals surface area contributed by atoms with Crippen molar-refractivity contribution in [2.45, 2.75) is 38.5 Å². The topological polar surface area (TPSA) is 98.8 Å². The molecule has 10 heteroatoms. The van der Waals surface area contributed by atoms with Crippen LogP contribution in [0.15, 0.2) is 41.5 Å². The van der Waals surface area contributed by atoms with Gasteiger partial charge in [-0.25, -0.2) is 9.37 Å². The summed E-state index contributed by atoms with van der Waals surface area (Å²) >= 11 is 0. The molecule has 0 saturated heterocycles. The molecule has 1 unspecified atom stereocenters. The Morgan fingerprint density at radius 1 is 1.33 bits per heavy atom. The van der Waals surface area contributed by atoms with E-state index in [-0.39, 0.29) is 29.4 Å². The third-order valence-electron chi connectivity index (χ3n) is 4.42. The van der Waals surface area contributed by atoms with E-state index in [1.165, 1.54) is 30.3 Å². The molecule has 160 valence electrons. The Balaban J connectivity index is 1.79. The molecule has 3 rings (SSSR count). The van der Waals surface area contributed by atoms with Crippen molar-refractivity contribution >= 4 is 17.4 Å². The number of alkyl halides is 2. The van der Waals surface area contributed by atoms with Crippen LogP contribution in [-0.4, -0.2) is 35.5 Å². The summed E-state index contributed by atoms with van der Waals surface area (Å²) in [5.74, 6) is -0.989. The summed E-state index contributed by atoms with van der Waals surface area (Å²) in [4.78, 5) is 20.5. The number of carbonyl (C=O) groups is 1. The molecular formula is C20H21F3N4O3. The van der Waals surface area contributed by atoms with Crippen molar-refractivity contribution in [1.82, 2.24) is 4.98 Å². The molecule has 0 spiro atoms. The average Bonchev–Trinajstić information content (AvgIpc) is 2.81. The molecule has 1 aromatic carbocycles. The Hall–Kier alpha value is -3.14. The first-order valence-electron chi connectivity index (χ1n) is 9.11. The van der Waals surface area contributed by atoms with E-state index in [1.807, 2.05) is 13.8 Å². The molecule has 7 nitrogen and oxygen atoms in total. The van der Waals surface area contributed by atoms with Crippen LogP contribution in [0.3, 0.4) is 0 Å². The molecule has 2 aromatic rings. The lowest BCUT2D eigenvalue weighted by molar-refractivity contribution is -0.0500. The fraction of sp³-hybridized carbons (Fsp3) is 0.350. The summed E-state index contributed by atoms with van der Waals surface area (Å²) < 4.78 is 48.8. The predicted octanol–water partition coefficient (Wildman–Crippen LogP) is 3.67. The van der Waals surface area contributed by atoms with E-state index < -0.39 is 30.0 Å². The maximum absolute atomic E-state index is 14.5. The van der Waals surface area contributed by atoms with E-state index in [9.17, 15) is 18.0 Å². The number of hydrogen-bond acceptors (Lipinski definition) is 6. The molecule has 3 N–H and O–H groups in total. The first-order valence-corrected chi connectivity index (χ1v) is 9.11. The zero-order chi connectivity index (χ0) is 21.9. The minimum Gasteiger partial charge on any atom is -0.433 e. The minimum atomic E-state index is -2.99. The van der Waals surface area contributed by atoms with Crippen molar-refractivity contribution in [2.24, 2.45) is 10.7 Å². The van der Waals surface area contributed by atoms with E-state index >= 15 is 0 Å². The number of benzene rings is 1. The van der Waals surface area contributed by atoms with Gasteiger partial charge in [0, 0.05) is 17.7 Å². The highest BCUT2D eigenvalue weighted by Crippen LogP contribution is 2.34. The number of nitrogens with one attached hydrogen (secondary N) is 1. The van der Waals surface area contributed by atoms with Gasteiger partial charge < -0.3 is 20.5 Å². The monoisotopic (exact) mass is 422 g/mol. The number of anilines is 1. The maximum atomic E-state index is 14.5. The number of hydrogen-bond donors (Lipinski definition) is 2. The fourth-order valence-electron chi connectivity index (χ4n) is 3.02. The van der Waals surface area contributed by atoms with Gasteiger partial charge in [-0.2, -0.15) is 8.78 Å². The highest BCUT2D eigenvalue weighted by molar-refractivity contribution is 6.02. The van der Waals surface area contributed by atoms with E-state index in [0.717, 1.165) is 6.20 Å². The molecule has 0 aliphatic carbocycles. The molecule has 30 heavy (non-hydrogen) atoms. The van der Waals surface area contributed by atoms with Crippen LogP contribution >= 0.6 is 0 Å². The van der Waals surface area contributed by atoms with Crippen molar-refractivity contribution in [3.8, 4) is 5.75 Å². The molecule has 0 fully saturated rings. The third-order valence-corrected chi connectivity index (χ3v) is 4.42. The molecule has 1 amide bonds. The van der Waals surface area contributed by atoms with Crippen LogP contribution in [0.1, 0.15) is 42.4 Å². The Kier molecular flexibility index (Phi) is 6.25. The van der Waals surface area contributed by atoms with E-state index in [2.05, 4.69) is 20.0 Å². The number of rotatable bonds is 5. The summed E-state index contributed by atoms with van der Waals surface area (Å²) in [6.07, 6.45) is 1.41. The summed E-state index contributed by atoms with van der Waals surface area (Å²) in [6, 6.07) is 5.97. The van der Waals surface area contributed by atoms with Crippen molar-refractivity contribution in [2.75, 3.05) is 11.9 Å². The molecule has 2 heterocycles. The summed E-state index contributed by atoms with van der Waals surface area (Å²) in [5, 5.41) is 2.60. The Morgan fingerprint density at radius 3 is 2.77 bits per heavy atom. The van der Waals surface area contributed by atoms with Gasteiger partial charge in [-0.1, -0.05) is 0 Å². The normalized spacial score (nSPS) is 18.5. The van der Waals surface area contributed by atoms with Gasteiger partial charge in [0.25, 0.3) is 5.91 Å². The van der Waals surface area contributed by atoms with Crippen LogP contribution in [-0.2, 0) is 4.74 Å². The predicted molar refractivity (Wildman–Crippen MR) is 104 cm³/mol. The van der Waals surface area contributed by atoms with Crippen molar-refractivity contribution in [3.63, 3.8) is 0 Å². The number of amides is 1. The van der Waals surface area contributed by atoms with Gasteiger partial charge in [0.2, 0.25) is 0 Å². The molecule has 1 atom stereocenters. The van der Waals surface area contributed by atoms with Gasteiger partial charge in [-0.15, -0.1) is 0 Å². The van der Waals surface area contributed by atoms with Crippen LogP contribution in [0.2, 0.25) is 0 Å². The SMILES string of the molecule is CC1(C)CC(c2cc(NC(=O)c3ccc(OC(F)F)cn3)ccc2F)N=C(N)CO1. The molecule has 0 bridgehead atoms. The second-order valence-corrected chi connectivity index (χ2v) is 7.34. The first-order chi connectivity index (χ1) is 14.1. The molecule has 1 aliphatic heterocycles. The standard InChI is InChI=1S/C20H21F3N4O3/c1-20(2)8-16(27-17(24)10-29-20)13-7-11(3-5-14(13)21)26-18(28)15-6-4-12(9-25-15)30-19(22)23/h3-7,9,16,19H,8,10H2,1-2H3,(H2,24,27)(H,26,28). The number of aromatic nitrogens is 1. The van der Waals surface area contributed by atoms with Crippen LogP contribution < -0.4 is 15.8 Å². The largest absolute Gasteiger partial charge is 0.433 e. The van der Waals surface area contributed by atoms with Crippen molar-refractivity contribution < 1.29 is 27.4 Å². The number of amidine groups is 1. The van der Waals surface area contributed by atoms with Gasteiger partial charge in [0.05, 0.1) is 17.8 Å². The number of ether oxygens (including phenoxy) is 2. The molecule has 0 saturated carbocycles.